The van der Waals surface area contributed by atoms with E-state index in [1.807, 2.05) is 19.9 Å². The molecule has 0 radical (unpaired) electrons. The molecular weight excluding hydrogens is 217 g/mol. The maximum atomic E-state index is 13.7. The fourth-order valence-corrected chi connectivity index (χ4v) is 1.98. The summed E-state index contributed by atoms with van der Waals surface area (Å²) in [6.07, 6.45) is 1.72. The van der Waals surface area contributed by atoms with E-state index in [-0.39, 0.29) is 11.9 Å². The van der Waals surface area contributed by atoms with Crippen molar-refractivity contribution in [2.45, 2.75) is 45.8 Å². The van der Waals surface area contributed by atoms with Crippen LogP contribution in [-0.2, 0) is 4.74 Å². The summed E-state index contributed by atoms with van der Waals surface area (Å²) in [6.45, 7) is 6.55. The summed E-state index contributed by atoms with van der Waals surface area (Å²) < 4.78 is 19.3. The average molecular weight is 239 g/mol. The Balaban J connectivity index is 2.91. The minimum absolute atomic E-state index is 0.110. The maximum Gasteiger partial charge on any atom is 0.128 e. The van der Waals surface area contributed by atoms with Gasteiger partial charge in [-0.1, -0.05) is 31.0 Å². The highest BCUT2D eigenvalue weighted by Crippen LogP contribution is 2.23. The van der Waals surface area contributed by atoms with Crippen LogP contribution < -0.4 is 5.73 Å². The number of benzene rings is 1. The van der Waals surface area contributed by atoms with Crippen molar-refractivity contribution in [3.63, 3.8) is 0 Å². The lowest BCUT2D eigenvalue weighted by Crippen LogP contribution is -2.29. The normalized spacial score (nSPS) is 14.6. The topological polar surface area (TPSA) is 35.2 Å². The van der Waals surface area contributed by atoms with Crippen molar-refractivity contribution in [2.24, 2.45) is 5.73 Å². The monoisotopic (exact) mass is 239 g/mol. The second kappa shape index (κ2) is 6.72. The van der Waals surface area contributed by atoms with Gasteiger partial charge in [-0.2, -0.15) is 0 Å². The smallest absolute Gasteiger partial charge is 0.128 e. The molecule has 0 fully saturated rings. The Morgan fingerprint density at radius 2 is 2.06 bits per heavy atom. The summed E-state index contributed by atoms with van der Waals surface area (Å²) in [6, 6.07) is 4.64. The van der Waals surface area contributed by atoms with Gasteiger partial charge in [0.25, 0.3) is 0 Å². The number of rotatable bonds is 6. The van der Waals surface area contributed by atoms with Crippen molar-refractivity contribution in [2.75, 3.05) is 6.61 Å². The quantitative estimate of drug-likeness (QED) is 0.826. The van der Waals surface area contributed by atoms with Crippen molar-refractivity contribution in [1.29, 1.82) is 0 Å². The SMILES string of the molecule is CCCC(OCC)C(N)c1cc(C)ccc1F. The number of hydrogen-bond donors (Lipinski definition) is 1. The highest BCUT2D eigenvalue weighted by Gasteiger charge is 2.21. The zero-order valence-electron chi connectivity index (χ0n) is 10.9. The van der Waals surface area contributed by atoms with E-state index in [9.17, 15) is 4.39 Å². The molecule has 2 nitrogen and oxygen atoms in total. The van der Waals surface area contributed by atoms with Crippen LogP contribution in [0.25, 0.3) is 0 Å². The Labute approximate surface area is 103 Å². The van der Waals surface area contributed by atoms with Gasteiger partial charge in [-0.3, -0.25) is 0 Å². The van der Waals surface area contributed by atoms with Crippen molar-refractivity contribution in [3.05, 3.63) is 35.1 Å². The number of aryl methyl sites for hydroxylation is 1. The van der Waals surface area contributed by atoms with Crippen LogP contribution in [0.5, 0.6) is 0 Å². The molecule has 0 saturated heterocycles. The molecule has 0 amide bonds. The molecule has 1 rings (SSSR count). The standard InChI is InChI=1S/C14H22FNO/c1-4-6-13(17-5-2)14(16)11-9-10(3)7-8-12(11)15/h7-9,13-14H,4-6,16H2,1-3H3. The lowest BCUT2D eigenvalue weighted by molar-refractivity contribution is 0.0366. The fourth-order valence-electron chi connectivity index (χ4n) is 1.98. The summed E-state index contributed by atoms with van der Waals surface area (Å²) in [4.78, 5) is 0. The lowest BCUT2D eigenvalue weighted by atomic mass is 9.97. The van der Waals surface area contributed by atoms with E-state index in [2.05, 4.69) is 6.92 Å². The minimum Gasteiger partial charge on any atom is -0.377 e. The summed E-state index contributed by atoms with van der Waals surface area (Å²) in [7, 11) is 0. The summed E-state index contributed by atoms with van der Waals surface area (Å²) >= 11 is 0. The fraction of sp³-hybridized carbons (Fsp3) is 0.571. The van der Waals surface area contributed by atoms with Gasteiger partial charge >= 0.3 is 0 Å². The van der Waals surface area contributed by atoms with Gasteiger partial charge in [0, 0.05) is 12.2 Å². The molecule has 0 heterocycles. The van der Waals surface area contributed by atoms with E-state index in [4.69, 9.17) is 10.5 Å². The molecule has 2 atom stereocenters. The van der Waals surface area contributed by atoms with Crippen LogP contribution >= 0.6 is 0 Å². The van der Waals surface area contributed by atoms with Crippen LogP contribution in [0.2, 0.25) is 0 Å². The van der Waals surface area contributed by atoms with Gasteiger partial charge in [-0.15, -0.1) is 0 Å². The number of ether oxygens (including phenoxy) is 1. The molecule has 1 aromatic rings. The van der Waals surface area contributed by atoms with Gasteiger partial charge < -0.3 is 10.5 Å². The second-order valence-corrected chi connectivity index (χ2v) is 4.33. The molecular formula is C14H22FNO. The average Bonchev–Trinajstić information content (AvgIpc) is 2.31. The van der Waals surface area contributed by atoms with Crippen LogP contribution in [0.4, 0.5) is 4.39 Å². The first-order valence-electron chi connectivity index (χ1n) is 6.23. The van der Waals surface area contributed by atoms with Crippen LogP contribution in [0.3, 0.4) is 0 Å². The van der Waals surface area contributed by atoms with Crippen LogP contribution in [0.1, 0.15) is 43.9 Å². The predicted octanol–water partition coefficient (Wildman–Crippen LogP) is 3.34. The molecule has 17 heavy (non-hydrogen) atoms. The molecule has 0 aliphatic heterocycles. The molecule has 1 aromatic carbocycles. The van der Waals surface area contributed by atoms with Crippen LogP contribution in [0, 0.1) is 12.7 Å². The zero-order valence-corrected chi connectivity index (χ0v) is 10.9. The lowest BCUT2D eigenvalue weighted by Gasteiger charge is -2.24. The molecule has 0 aromatic heterocycles. The minimum atomic E-state index is -0.394. The Bertz CT molecular complexity index is 348. The van der Waals surface area contributed by atoms with E-state index < -0.39 is 6.04 Å². The first-order chi connectivity index (χ1) is 8.10. The van der Waals surface area contributed by atoms with Gasteiger partial charge in [0.15, 0.2) is 0 Å². The molecule has 0 aliphatic rings. The molecule has 2 unspecified atom stereocenters. The molecule has 96 valence electrons. The number of nitrogens with two attached hydrogens (primary N) is 1. The van der Waals surface area contributed by atoms with Crippen molar-refractivity contribution < 1.29 is 9.13 Å². The van der Waals surface area contributed by atoms with Crippen LogP contribution in [-0.4, -0.2) is 12.7 Å². The Morgan fingerprint density at radius 1 is 1.35 bits per heavy atom. The summed E-state index contributed by atoms with van der Waals surface area (Å²) in [5, 5.41) is 0. The molecule has 2 N–H and O–H groups in total. The Hall–Kier alpha value is -0.930. The van der Waals surface area contributed by atoms with E-state index in [1.54, 1.807) is 6.07 Å². The first-order valence-corrected chi connectivity index (χ1v) is 6.23. The first kappa shape index (κ1) is 14.1. The zero-order chi connectivity index (χ0) is 12.8. The van der Waals surface area contributed by atoms with E-state index in [1.165, 1.54) is 6.07 Å². The summed E-state index contributed by atoms with van der Waals surface area (Å²) in [5.74, 6) is -0.246. The largest absolute Gasteiger partial charge is 0.377 e. The Kier molecular flexibility index (Phi) is 5.59. The number of hydrogen-bond acceptors (Lipinski definition) is 2. The van der Waals surface area contributed by atoms with Gasteiger partial charge in [-0.25, -0.2) is 4.39 Å². The third-order valence-electron chi connectivity index (χ3n) is 2.87. The van der Waals surface area contributed by atoms with Gasteiger partial charge in [0.1, 0.15) is 5.82 Å². The third kappa shape index (κ3) is 3.79. The molecule has 0 spiro atoms. The molecule has 0 aliphatic carbocycles. The van der Waals surface area contributed by atoms with Crippen molar-refractivity contribution in [1.82, 2.24) is 0 Å². The van der Waals surface area contributed by atoms with Crippen molar-refractivity contribution in [3.8, 4) is 0 Å². The summed E-state index contributed by atoms with van der Waals surface area (Å²) in [5.41, 5.74) is 7.69. The van der Waals surface area contributed by atoms with E-state index in [0.717, 1.165) is 18.4 Å². The molecule has 3 heteroatoms. The maximum absolute atomic E-state index is 13.7. The van der Waals surface area contributed by atoms with Crippen molar-refractivity contribution >= 4 is 0 Å². The van der Waals surface area contributed by atoms with Crippen LogP contribution in [0.15, 0.2) is 18.2 Å². The van der Waals surface area contributed by atoms with Gasteiger partial charge in [-0.05, 0) is 26.3 Å². The Morgan fingerprint density at radius 3 is 2.65 bits per heavy atom. The van der Waals surface area contributed by atoms with Gasteiger partial charge in [0.2, 0.25) is 0 Å². The van der Waals surface area contributed by atoms with E-state index in [0.29, 0.717) is 12.2 Å². The molecule has 0 saturated carbocycles. The second-order valence-electron chi connectivity index (χ2n) is 4.33. The third-order valence-corrected chi connectivity index (χ3v) is 2.87. The number of halogens is 1. The predicted molar refractivity (Wildman–Crippen MR) is 68.4 cm³/mol. The highest BCUT2D eigenvalue weighted by atomic mass is 19.1. The molecule has 0 bridgehead atoms. The van der Waals surface area contributed by atoms with Gasteiger partial charge in [0.05, 0.1) is 12.1 Å². The highest BCUT2D eigenvalue weighted by molar-refractivity contribution is 5.27. The van der Waals surface area contributed by atoms with E-state index >= 15 is 0 Å².